The zero-order valence-electron chi connectivity index (χ0n) is 10.9. The van der Waals surface area contributed by atoms with Crippen LogP contribution in [0.15, 0.2) is 42.5 Å². The Morgan fingerprint density at radius 3 is 2.47 bits per heavy atom. The number of hydrogen-bond acceptors (Lipinski definition) is 1. The van der Waals surface area contributed by atoms with E-state index in [9.17, 15) is 4.39 Å². The summed E-state index contributed by atoms with van der Waals surface area (Å²) in [6, 6.07) is 12.0. The third-order valence-corrected chi connectivity index (χ3v) is 3.41. The van der Waals surface area contributed by atoms with Crippen molar-refractivity contribution in [2.24, 2.45) is 5.73 Å². The normalized spacial score (nSPS) is 12.4. The van der Waals surface area contributed by atoms with Gasteiger partial charge in [0.1, 0.15) is 5.82 Å². The van der Waals surface area contributed by atoms with Crippen LogP contribution in [0, 0.1) is 5.82 Å². The standard InChI is InChI=1S/C16H17ClFN/c1-2-3-11-4-6-12(7-5-11)16(19)14-10-13(17)8-9-15(14)18/h4-10,16H,2-3,19H2,1H3. The molecule has 0 bridgehead atoms. The minimum Gasteiger partial charge on any atom is -0.320 e. The van der Waals surface area contributed by atoms with Crippen molar-refractivity contribution in [2.45, 2.75) is 25.8 Å². The van der Waals surface area contributed by atoms with Crippen LogP contribution in [-0.2, 0) is 6.42 Å². The van der Waals surface area contributed by atoms with Crippen molar-refractivity contribution >= 4 is 11.6 Å². The van der Waals surface area contributed by atoms with E-state index in [1.165, 1.54) is 17.7 Å². The average Bonchev–Trinajstić information content (AvgIpc) is 2.42. The van der Waals surface area contributed by atoms with Crippen molar-refractivity contribution < 1.29 is 4.39 Å². The van der Waals surface area contributed by atoms with Crippen LogP contribution in [0.2, 0.25) is 5.02 Å². The second-order valence-electron chi connectivity index (χ2n) is 4.64. The van der Waals surface area contributed by atoms with Gasteiger partial charge >= 0.3 is 0 Å². The summed E-state index contributed by atoms with van der Waals surface area (Å²) >= 11 is 5.89. The van der Waals surface area contributed by atoms with E-state index in [1.54, 1.807) is 6.07 Å². The smallest absolute Gasteiger partial charge is 0.128 e. The molecule has 100 valence electrons. The molecule has 1 nitrogen and oxygen atoms in total. The van der Waals surface area contributed by atoms with Crippen LogP contribution in [0.1, 0.15) is 36.1 Å². The first kappa shape index (κ1) is 14.0. The molecule has 0 radical (unpaired) electrons. The number of rotatable bonds is 4. The van der Waals surface area contributed by atoms with E-state index in [4.69, 9.17) is 17.3 Å². The number of halogens is 2. The molecular weight excluding hydrogens is 261 g/mol. The zero-order valence-corrected chi connectivity index (χ0v) is 11.6. The highest BCUT2D eigenvalue weighted by Gasteiger charge is 2.14. The molecule has 0 heterocycles. The summed E-state index contributed by atoms with van der Waals surface area (Å²) in [4.78, 5) is 0. The van der Waals surface area contributed by atoms with Gasteiger partial charge in [0.15, 0.2) is 0 Å². The third kappa shape index (κ3) is 3.34. The van der Waals surface area contributed by atoms with Crippen LogP contribution in [0.3, 0.4) is 0 Å². The highest BCUT2D eigenvalue weighted by Crippen LogP contribution is 2.25. The van der Waals surface area contributed by atoms with Gasteiger partial charge < -0.3 is 5.73 Å². The fraction of sp³-hybridized carbons (Fsp3) is 0.250. The number of benzene rings is 2. The first-order chi connectivity index (χ1) is 9.11. The lowest BCUT2D eigenvalue weighted by atomic mass is 9.97. The van der Waals surface area contributed by atoms with Crippen LogP contribution in [0.25, 0.3) is 0 Å². The van der Waals surface area contributed by atoms with Crippen molar-refractivity contribution in [1.82, 2.24) is 0 Å². The molecule has 0 amide bonds. The Bertz CT molecular complexity index is 551. The van der Waals surface area contributed by atoms with Crippen LogP contribution >= 0.6 is 11.6 Å². The lowest BCUT2D eigenvalue weighted by Crippen LogP contribution is -2.13. The van der Waals surface area contributed by atoms with Crippen LogP contribution in [0.4, 0.5) is 4.39 Å². The maximum absolute atomic E-state index is 13.8. The molecule has 2 aromatic rings. The number of aryl methyl sites for hydroxylation is 1. The molecule has 1 atom stereocenters. The minimum atomic E-state index is -0.491. The van der Waals surface area contributed by atoms with E-state index in [-0.39, 0.29) is 5.82 Å². The Morgan fingerprint density at radius 2 is 1.84 bits per heavy atom. The predicted molar refractivity (Wildman–Crippen MR) is 77.9 cm³/mol. The Kier molecular flexibility index (Phi) is 4.56. The van der Waals surface area contributed by atoms with E-state index in [0.29, 0.717) is 10.6 Å². The van der Waals surface area contributed by atoms with Gasteiger partial charge in [0, 0.05) is 10.6 Å². The van der Waals surface area contributed by atoms with E-state index in [1.807, 2.05) is 24.3 Å². The Hall–Kier alpha value is -1.38. The molecule has 2 aromatic carbocycles. The van der Waals surface area contributed by atoms with E-state index < -0.39 is 6.04 Å². The van der Waals surface area contributed by atoms with Gasteiger partial charge in [-0.2, -0.15) is 0 Å². The Balaban J connectivity index is 2.27. The van der Waals surface area contributed by atoms with Crippen molar-refractivity contribution in [3.8, 4) is 0 Å². The topological polar surface area (TPSA) is 26.0 Å². The fourth-order valence-corrected chi connectivity index (χ4v) is 2.29. The van der Waals surface area contributed by atoms with Gasteiger partial charge in [0.05, 0.1) is 6.04 Å². The molecule has 0 spiro atoms. The van der Waals surface area contributed by atoms with Crippen molar-refractivity contribution in [3.63, 3.8) is 0 Å². The fourth-order valence-electron chi connectivity index (χ4n) is 2.11. The maximum atomic E-state index is 13.8. The average molecular weight is 278 g/mol. The van der Waals surface area contributed by atoms with Gasteiger partial charge in [-0.1, -0.05) is 49.2 Å². The highest BCUT2D eigenvalue weighted by atomic mass is 35.5. The second kappa shape index (κ2) is 6.18. The lowest BCUT2D eigenvalue weighted by Gasteiger charge is -2.14. The molecule has 0 aromatic heterocycles. The molecule has 1 unspecified atom stereocenters. The predicted octanol–water partition coefficient (Wildman–Crippen LogP) is 4.48. The number of hydrogen-bond donors (Lipinski definition) is 1. The van der Waals surface area contributed by atoms with Crippen molar-refractivity contribution in [1.29, 1.82) is 0 Å². The van der Waals surface area contributed by atoms with Gasteiger partial charge in [-0.15, -0.1) is 0 Å². The van der Waals surface area contributed by atoms with E-state index >= 15 is 0 Å². The summed E-state index contributed by atoms with van der Waals surface area (Å²) in [7, 11) is 0. The Labute approximate surface area is 118 Å². The number of nitrogens with two attached hydrogens (primary N) is 1. The van der Waals surface area contributed by atoms with Gasteiger partial charge in [-0.25, -0.2) is 4.39 Å². The molecule has 0 aliphatic heterocycles. The zero-order chi connectivity index (χ0) is 13.8. The molecule has 0 saturated carbocycles. The molecule has 3 heteroatoms. The lowest BCUT2D eigenvalue weighted by molar-refractivity contribution is 0.599. The van der Waals surface area contributed by atoms with Gasteiger partial charge in [-0.3, -0.25) is 0 Å². The molecule has 2 N–H and O–H groups in total. The monoisotopic (exact) mass is 277 g/mol. The maximum Gasteiger partial charge on any atom is 0.128 e. The van der Waals surface area contributed by atoms with Crippen molar-refractivity contribution in [2.75, 3.05) is 0 Å². The third-order valence-electron chi connectivity index (χ3n) is 3.17. The molecule has 0 aliphatic carbocycles. The SMILES string of the molecule is CCCc1ccc(C(N)c2cc(Cl)ccc2F)cc1. The van der Waals surface area contributed by atoms with E-state index in [2.05, 4.69) is 6.92 Å². The van der Waals surface area contributed by atoms with Gasteiger partial charge in [0.2, 0.25) is 0 Å². The van der Waals surface area contributed by atoms with Crippen molar-refractivity contribution in [3.05, 3.63) is 70.0 Å². The Morgan fingerprint density at radius 1 is 1.16 bits per heavy atom. The molecule has 0 saturated heterocycles. The van der Waals surface area contributed by atoms with E-state index in [0.717, 1.165) is 18.4 Å². The molecular formula is C16H17ClFN. The first-order valence-electron chi connectivity index (χ1n) is 6.41. The van der Waals surface area contributed by atoms with Crippen LogP contribution in [0.5, 0.6) is 0 Å². The minimum absolute atomic E-state index is 0.325. The summed E-state index contributed by atoms with van der Waals surface area (Å²) < 4.78 is 13.8. The molecule has 0 aliphatic rings. The summed E-state index contributed by atoms with van der Waals surface area (Å²) in [5.41, 5.74) is 8.70. The molecule has 2 rings (SSSR count). The molecule has 0 fully saturated rings. The summed E-state index contributed by atoms with van der Waals surface area (Å²) in [5.74, 6) is -0.325. The van der Waals surface area contributed by atoms with Gasteiger partial charge in [0.25, 0.3) is 0 Å². The van der Waals surface area contributed by atoms with Crippen LogP contribution in [-0.4, -0.2) is 0 Å². The highest BCUT2D eigenvalue weighted by molar-refractivity contribution is 6.30. The summed E-state index contributed by atoms with van der Waals surface area (Å²) in [6.45, 7) is 2.14. The summed E-state index contributed by atoms with van der Waals surface area (Å²) in [5, 5.41) is 0.495. The van der Waals surface area contributed by atoms with Gasteiger partial charge in [-0.05, 0) is 35.7 Å². The molecule has 19 heavy (non-hydrogen) atoms. The largest absolute Gasteiger partial charge is 0.320 e. The summed E-state index contributed by atoms with van der Waals surface area (Å²) in [6.07, 6.45) is 2.15. The second-order valence-corrected chi connectivity index (χ2v) is 5.07. The quantitative estimate of drug-likeness (QED) is 0.876. The van der Waals surface area contributed by atoms with Crippen LogP contribution < -0.4 is 5.73 Å². The first-order valence-corrected chi connectivity index (χ1v) is 6.79.